The predicted octanol–water partition coefficient (Wildman–Crippen LogP) is 2.33. The van der Waals surface area contributed by atoms with Gasteiger partial charge in [0, 0.05) is 17.2 Å². The van der Waals surface area contributed by atoms with E-state index in [2.05, 4.69) is 4.98 Å². The molecule has 21 heavy (non-hydrogen) atoms. The lowest BCUT2D eigenvalue weighted by molar-refractivity contribution is -0.126. The van der Waals surface area contributed by atoms with Crippen molar-refractivity contribution in [2.45, 2.75) is 34.2 Å². The largest absolute Gasteiger partial charge is 0.481 e. The maximum Gasteiger partial charge on any atom is 0.254 e. The van der Waals surface area contributed by atoms with E-state index in [1.54, 1.807) is 25.3 Å². The molecule has 0 amide bonds. The first-order chi connectivity index (χ1) is 9.75. The van der Waals surface area contributed by atoms with Gasteiger partial charge in [0.05, 0.1) is 24.6 Å². The molecule has 0 saturated carbocycles. The summed E-state index contributed by atoms with van der Waals surface area (Å²) in [6.07, 6.45) is 1.58. The molecule has 0 unspecified atom stereocenters. The third kappa shape index (κ3) is 2.82. The normalized spacial score (nSPS) is 11.7. The third-order valence-corrected chi connectivity index (χ3v) is 3.50. The molecule has 0 spiro atoms. The number of ketones is 1. The van der Waals surface area contributed by atoms with E-state index in [4.69, 9.17) is 4.74 Å². The lowest BCUT2D eigenvalue weighted by Gasteiger charge is -2.19. The summed E-state index contributed by atoms with van der Waals surface area (Å²) in [7, 11) is 1.53. The number of aryl methyl sites for hydroxylation is 1. The van der Waals surface area contributed by atoms with Gasteiger partial charge in [-0.05, 0) is 19.1 Å². The van der Waals surface area contributed by atoms with E-state index in [0.29, 0.717) is 17.0 Å². The summed E-state index contributed by atoms with van der Waals surface area (Å²) in [5.74, 6) is 0.458. The van der Waals surface area contributed by atoms with E-state index in [1.165, 1.54) is 11.7 Å². The maximum absolute atomic E-state index is 12.4. The number of ether oxygens (including phenoxy) is 1. The molecule has 0 aliphatic rings. The number of pyridine rings is 2. The SMILES string of the molecule is COc1nccc2c1cc(C)c(=O)n2CC(=O)C(C)(C)C. The van der Waals surface area contributed by atoms with E-state index in [1.807, 2.05) is 20.8 Å². The summed E-state index contributed by atoms with van der Waals surface area (Å²) < 4.78 is 6.74. The fourth-order valence-corrected chi connectivity index (χ4v) is 2.12. The molecule has 0 atom stereocenters. The standard InChI is InChI=1S/C16H20N2O3/c1-10-8-11-12(6-7-17-14(11)21-5)18(15(10)20)9-13(19)16(2,3)4/h6-8H,9H2,1-5H3. The summed E-state index contributed by atoms with van der Waals surface area (Å²) >= 11 is 0. The molecule has 0 aliphatic heterocycles. The second kappa shape index (κ2) is 5.31. The topological polar surface area (TPSA) is 61.2 Å². The molecule has 0 fully saturated rings. The van der Waals surface area contributed by atoms with Gasteiger partial charge in [-0.1, -0.05) is 20.8 Å². The number of methoxy groups -OCH3 is 1. The predicted molar refractivity (Wildman–Crippen MR) is 81.8 cm³/mol. The average molecular weight is 288 g/mol. The van der Waals surface area contributed by atoms with Gasteiger partial charge in [-0.25, -0.2) is 4.98 Å². The van der Waals surface area contributed by atoms with Crippen molar-refractivity contribution in [3.8, 4) is 5.88 Å². The summed E-state index contributed by atoms with van der Waals surface area (Å²) in [5.41, 5.74) is 0.575. The van der Waals surface area contributed by atoms with Gasteiger partial charge in [0.15, 0.2) is 5.78 Å². The van der Waals surface area contributed by atoms with Crippen molar-refractivity contribution in [1.82, 2.24) is 9.55 Å². The Morgan fingerprint density at radius 2 is 2.05 bits per heavy atom. The van der Waals surface area contributed by atoms with Gasteiger partial charge in [0.25, 0.3) is 5.56 Å². The summed E-state index contributed by atoms with van der Waals surface area (Å²) in [5, 5.41) is 0.735. The fraction of sp³-hybridized carbons (Fsp3) is 0.438. The minimum Gasteiger partial charge on any atom is -0.481 e. The van der Waals surface area contributed by atoms with Gasteiger partial charge < -0.3 is 9.30 Å². The molecule has 0 bridgehead atoms. The monoisotopic (exact) mass is 288 g/mol. The molecule has 112 valence electrons. The Morgan fingerprint density at radius 1 is 1.38 bits per heavy atom. The lowest BCUT2D eigenvalue weighted by atomic mass is 9.90. The van der Waals surface area contributed by atoms with Crippen LogP contribution in [-0.4, -0.2) is 22.4 Å². The van der Waals surface area contributed by atoms with Crippen LogP contribution in [0.5, 0.6) is 5.88 Å². The zero-order chi connectivity index (χ0) is 15.8. The van der Waals surface area contributed by atoms with E-state index < -0.39 is 5.41 Å². The highest BCUT2D eigenvalue weighted by Crippen LogP contribution is 2.23. The quantitative estimate of drug-likeness (QED) is 0.869. The number of Topliss-reactive ketones (excluding diaryl/α,β-unsaturated/α-hetero) is 1. The summed E-state index contributed by atoms with van der Waals surface area (Å²) in [6, 6.07) is 3.48. The number of aromatic nitrogens is 2. The van der Waals surface area contributed by atoms with Crippen molar-refractivity contribution < 1.29 is 9.53 Å². The Balaban J connectivity index is 2.70. The maximum atomic E-state index is 12.4. The van der Waals surface area contributed by atoms with E-state index in [9.17, 15) is 9.59 Å². The smallest absolute Gasteiger partial charge is 0.254 e. The van der Waals surface area contributed by atoms with Crippen LogP contribution in [-0.2, 0) is 11.3 Å². The van der Waals surface area contributed by atoms with Gasteiger partial charge in [-0.3, -0.25) is 9.59 Å². The van der Waals surface area contributed by atoms with Crippen LogP contribution in [0.3, 0.4) is 0 Å². The van der Waals surface area contributed by atoms with E-state index in [-0.39, 0.29) is 17.9 Å². The molecular formula is C16H20N2O3. The van der Waals surface area contributed by atoms with Crippen LogP contribution in [0.15, 0.2) is 23.1 Å². The average Bonchev–Trinajstić information content (AvgIpc) is 2.42. The second-order valence-corrected chi connectivity index (χ2v) is 6.14. The Kier molecular flexibility index (Phi) is 3.85. The third-order valence-electron chi connectivity index (χ3n) is 3.50. The van der Waals surface area contributed by atoms with Crippen molar-refractivity contribution in [2.24, 2.45) is 5.41 Å². The Hall–Kier alpha value is -2.17. The minimum atomic E-state index is -0.493. The Labute approximate surface area is 123 Å². The van der Waals surface area contributed by atoms with E-state index >= 15 is 0 Å². The first-order valence-corrected chi connectivity index (χ1v) is 6.82. The van der Waals surface area contributed by atoms with Crippen LogP contribution in [0.25, 0.3) is 10.9 Å². The zero-order valence-electron chi connectivity index (χ0n) is 13.1. The molecule has 0 aromatic carbocycles. The van der Waals surface area contributed by atoms with Crippen LogP contribution in [0.4, 0.5) is 0 Å². The molecule has 0 N–H and O–H groups in total. The Bertz CT molecular complexity index is 754. The number of nitrogens with zero attached hydrogens (tertiary/aromatic N) is 2. The highest BCUT2D eigenvalue weighted by molar-refractivity contribution is 5.88. The molecular weight excluding hydrogens is 268 g/mol. The highest BCUT2D eigenvalue weighted by atomic mass is 16.5. The molecule has 2 aromatic rings. The second-order valence-electron chi connectivity index (χ2n) is 6.14. The minimum absolute atomic E-state index is 0.00674. The van der Waals surface area contributed by atoms with Crippen LogP contribution in [0.2, 0.25) is 0 Å². The summed E-state index contributed by atoms with van der Waals surface area (Å²) in [4.78, 5) is 28.8. The molecule has 2 aromatic heterocycles. The molecule has 0 saturated heterocycles. The lowest BCUT2D eigenvalue weighted by Crippen LogP contribution is -2.31. The zero-order valence-corrected chi connectivity index (χ0v) is 13.1. The van der Waals surface area contributed by atoms with Gasteiger partial charge in [-0.15, -0.1) is 0 Å². The van der Waals surface area contributed by atoms with Gasteiger partial charge in [0.2, 0.25) is 5.88 Å². The number of fused-ring (bicyclic) bond motifs is 1. The van der Waals surface area contributed by atoms with Gasteiger partial charge in [0.1, 0.15) is 0 Å². The number of carbonyl (C=O) groups excluding carboxylic acids is 1. The molecule has 0 radical (unpaired) electrons. The van der Waals surface area contributed by atoms with Crippen LogP contribution in [0.1, 0.15) is 26.3 Å². The van der Waals surface area contributed by atoms with Crippen molar-refractivity contribution in [3.05, 3.63) is 34.2 Å². The van der Waals surface area contributed by atoms with Crippen LogP contribution >= 0.6 is 0 Å². The van der Waals surface area contributed by atoms with Gasteiger partial charge >= 0.3 is 0 Å². The number of rotatable bonds is 3. The molecule has 2 rings (SSSR count). The van der Waals surface area contributed by atoms with Crippen LogP contribution < -0.4 is 10.3 Å². The van der Waals surface area contributed by atoms with Crippen molar-refractivity contribution in [3.63, 3.8) is 0 Å². The molecule has 5 heteroatoms. The van der Waals surface area contributed by atoms with E-state index in [0.717, 1.165) is 5.39 Å². The van der Waals surface area contributed by atoms with Crippen molar-refractivity contribution >= 4 is 16.7 Å². The van der Waals surface area contributed by atoms with Crippen molar-refractivity contribution in [2.75, 3.05) is 7.11 Å². The van der Waals surface area contributed by atoms with Crippen LogP contribution in [0, 0.1) is 12.3 Å². The molecule has 5 nitrogen and oxygen atoms in total. The Morgan fingerprint density at radius 3 is 2.62 bits per heavy atom. The number of hydrogen-bond donors (Lipinski definition) is 0. The fourth-order valence-electron chi connectivity index (χ4n) is 2.12. The van der Waals surface area contributed by atoms with Gasteiger partial charge in [-0.2, -0.15) is 0 Å². The number of hydrogen-bond acceptors (Lipinski definition) is 4. The van der Waals surface area contributed by atoms with Crippen molar-refractivity contribution in [1.29, 1.82) is 0 Å². The highest BCUT2D eigenvalue weighted by Gasteiger charge is 2.23. The molecule has 2 heterocycles. The number of carbonyl (C=O) groups is 1. The summed E-state index contributed by atoms with van der Waals surface area (Å²) in [6.45, 7) is 7.32. The first kappa shape index (κ1) is 15.2. The molecule has 0 aliphatic carbocycles. The first-order valence-electron chi connectivity index (χ1n) is 6.82.